The summed E-state index contributed by atoms with van der Waals surface area (Å²) < 4.78 is 16.7. The van der Waals surface area contributed by atoms with Crippen LogP contribution >= 0.6 is 0 Å². The van der Waals surface area contributed by atoms with Gasteiger partial charge in [0.1, 0.15) is 11.6 Å². The first-order valence-electron chi connectivity index (χ1n) is 9.57. The van der Waals surface area contributed by atoms with Crippen LogP contribution < -0.4 is 15.0 Å². The molecule has 2 saturated heterocycles. The number of benzene rings is 1. The minimum Gasteiger partial charge on any atom is -0.497 e. The van der Waals surface area contributed by atoms with Gasteiger partial charge in [0.05, 0.1) is 20.3 Å². The van der Waals surface area contributed by atoms with Gasteiger partial charge in [0.15, 0.2) is 5.79 Å². The second-order valence-electron chi connectivity index (χ2n) is 7.03. The van der Waals surface area contributed by atoms with Crippen LogP contribution in [0.3, 0.4) is 0 Å². The molecule has 0 atom stereocenters. The van der Waals surface area contributed by atoms with Crippen molar-refractivity contribution in [1.82, 2.24) is 10.3 Å². The molecule has 7 nitrogen and oxygen atoms in total. The fourth-order valence-electron chi connectivity index (χ4n) is 3.62. The van der Waals surface area contributed by atoms with Gasteiger partial charge < -0.3 is 24.4 Å². The van der Waals surface area contributed by atoms with Gasteiger partial charge in [-0.3, -0.25) is 4.79 Å². The topological polar surface area (TPSA) is 72.9 Å². The van der Waals surface area contributed by atoms with Gasteiger partial charge in [0.2, 0.25) is 0 Å². The van der Waals surface area contributed by atoms with E-state index in [4.69, 9.17) is 14.2 Å². The number of hydrogen-bond donors (Lipinski definition) is 1. The molecule has 3 heterocycles. The summed E-state index contributed by atoms with van der Waals surface area (Å²) in [6.45, 7) is 3.39. The zero-order chi connectivity index (χ0) is 19.4. The Balaban J connectivity index is 1.35. The molecular weight excluding hydrogens is 358 g/mol. The SMILES string of the molecule is COc1ccc(CNC(=O)c2ccnc(N3CCC4(CC3)OCCO4)c2)cc1. The molecule has 2 aromatic rings. The summed E-state index contributed by atoms with van der Waals surface area (Å²) in [5, 5.41) is 2.96. The number of anilines is 1. The number of pyridine rings is 1. The van der Waals surface area contributed by atoms with Crippen molar-refractivity contribution in [3.05, 3.63) is 53.7 Å². The van der Waals surface area contributed by atoms with E-state index < -0.39 is 5.79 Å². The van der Waals surface area contributed by atoms with E-state index in [1.165, 1.54) is 0 Å². The number of hydrogen-bond acceptors (Lipinski definition) is 6. The number of rotatable bonds is 5. The van der Waals surface area contributed by atoms with Crippen molar-refractivity contribution in [3.63, 3.8) is 0 Å². The number of carbonyl (C=O) groups is 1. The molecule has 0 saturated carbocycles. The highest BCUT2D eigenvalue weighted by atomic mass is 16.7. The van der Waals surface area contributed by atoms with E-state index in [9.17, 15) is 4.79 Å². The van der Waals surface area contributed by atoms with Gasteiger partial charge in [-0.15, -0.1) is 0 Å². The molecular formula is C21H25N3O4. The minimum absolute atomic E-state index is 0.115. The Bertz CT molecular complexity index is 809. The molecule has 2 fully saturated rings. The van der Waals surface area contributed by atoms with Crippen molar-refractivity contribution in [2.24, 2.45) is 0 Å². The van der Waals surface area contributed by atoms with E-state index in [0.717, 1.165) is 43.1 Å². The van der Waals surface area contributed by atoms with Crippen LogP contribution in [0.15, 0.2) is 42.6 Å². The summed E-state index contributed by atoms with van der Waals surface area (Å²) in [5.74, 6) is 1.08. The third-order valence-corrected chi connectivity index (χ3v) is 5.28. The van der Waals surface area contributed by atoms with Gasteiger partial charge in [-0.05, 0) is 29.8 Å². The molecule has 4 rings (SSSR count). The number of methoxy groups -OCH3 is 1. The molecule has 0 bridgehead atoms. The molecule has 2 aliphatic heterocycles. The van der Waals surface area contributed by atoms with Crippen LogP contribution in [0.25, 0.3) is 0 Å². The first-order chi connectivity index (χ1) is 13.7. The maximum absolute atomic E-state index is 12.6. The lowest BCUT2D eigenvalue weighted by atomic mass is 10.0. The number of aromatic nitrogens is 1. The normalized spacial score (nSPS) is 18.2. The minimum atomic E-state index is -0.413. The molecule has 1 N–H and O–H groups in total. The predicted molar refractivity (Wildman–Crippen MR) is 104 cm³/mol. The van der Waals surface area contributed by atoms with E-state index in [1.807, 2.05) is 30.3 Å². The third-order valence-electron chi connectivity index (χ3n) is 5.28. The molecule has 0 aliphatic carbocycles. The van der Waals surface area contributed by atoms with E-state index in [1.54, 1.807) is 19.4 Å². The molecule has 1 amide bonds. The van der Waals surface area contributed by atoms with Crippen LogP contribution in [-0.4, -0.2) is 50.1 Å². The lowest BCUT2D eigenvalue weighted by molar-refractivity contribution is -0.169. The smallest absolute Gasteiger partial charge is 0.251 e. The monoisotopic (exact) mass is 383 g/mol. The van der Waals surface area contributed by atoms with Crippen molar-refractivity contribution in [2.75, 3.05) is 38.3 Å². The fraction of sp³-hybridized carbons (Fsp3) is 0.429. The van der Waals surface area contributed by atoms with Crippen LogP contribution in [0.5, 0.6) is 5.75 Å². The quantitative estimate of drug-likeness (QED) is 0.855. The van der Waals surface area contributed by atoms with Crippen LogP contribution in [0.2, 0.25) is 0 Å². The maximum atomic E-state index is 12.6. The van der Waals surface area contributed by atoms with Crippen molar-refractivity contribution in [1.29, 1.82) is 0 Å². The Morgan fingerprint density at radius 2 is 1.89 bits per heavy atom. The number of nitrogens with one attached hydrogen (secondary N) is 1. The summed E-state index contributed by atoms with van der Waals surface area (Å²) in [4.78, 5) is 19.2. The molecule has 148 valence electrons. The number of ether oxygens (including phenoxy) is 3. The highest BCUT2D eigenvalue weighted by Gasteiger charge is 2.40. The number of amides is 1. The van der Waals surface area contributed by atoms with Gasteiger partial charge >= 0.3 is 0 Å². The van der Waals surface area contributed by atoms with Crippen molar-refractivity contribution >= 4 is 11.7 Å². The average molecular weight is 383 g/mol. The van der Waals surface area contributed by atoms with Crippen LogP contribution in [0.4, 0.5) is 5.82 Å². The average Bonchev–Trinajstić information content (AvgIpc) is 3.21. The van der Waals surface area contributed by atoms with E-state index >= 15 is 0 Å². The Kier molecular flexibility index (Phi) is 5.45. The van der Waals surface area contributed by atoms with Crippen molar-refractivity contribution in [3.8, 4) is 5.75 Å². The molecule has 2 aliphatic rings. The predicted octanol–water partition coefficient (Wildman–Crippen LogP) is 2.36. The van der Waals surface area contributed by atoms with Gasteiger partial charge in [0, 0.05) is 44.2 Å². The van der Waals surface area contributed by atoms with E-state index in [0.29, 0.717) is 25.3 Å². The summed E-state index contributed by atoms with van der Waals surface area (Å²) in [6, 6.07) is 11.2. The molecule has 0 unspecified atom stereocenters. The summed E-state index contributed by atoms with van der Waals surface area (Å²) in [5.41, 5.74) is 1.62. The Labute approximate surface area is 164 Å². The molecule has 1 aromatic carbocycles. The van der Waals surface area contributed by atoms with Crippen molar-refractivity contribution < 1.29 is 19.0 Å². The number of nitrogens with zero attached hydrogens (tertiary/aromatic N) is 2. The van der Waals surface area contributed by atoms with Gasteiger partial charge in [-0.1, -0.05) is 12.1 Å². The zero-order valence-corrected chi connectivity index (χ0v) is 16.0. The zero-order valence-electron chi connectivity index (χ0n) is 16.0. The second kappa shape index (κ2) is 8.16. The summed E-state index contributed by atoms with van der Waals surface area (Å²) in [7, 11) is 1.63. The Morgan fingerprint density at radius 3 is 2.57 bits per heavy atom. The Morgan fingerprint density at radius 1 is 1.18 bits per heavy atom. The van der Waals surface area contributed by atoms with Crippen molar-refractivity contribution in [2.45, 2.75) is 25.2 Å². The number of carbonyl (C=O) groups excluding carboxylic acids is 1. The molecule has 0 radical (unpaired) electrons. The first kappa shape index (κ1) is 18.7. The second-order valence-corrected chi connectivity index (χ2v) is 7.03. The summed E-state index contributed by atoms with van der Waals surface area (Å²) in [6.07, 6.45) is 3.30. The maximum Gasteiger partial charge on any atom is 0.251 e. The summed E-state index contributed by atoms with van der Waals surface area (Å²) >= 11 is 0. The Hall–Kier alpha value is -2.64. The molecule has 7 heteroatoms. The van der Waals surface area contributed by atoms with Crippen LogP contribution in [0, 0.1) is 0 Å². The molecule has 1 spiro atoms. The van der Waals surface area contributed by atoms with Gasteiger partial charge in [0.25, 0.3) is 5.91 Å². The largest absolute Gasteiger partial charge is 0.497 e. The van der Waals surface area contributed by atoms with Crippen LogP contribution in [0.1, 0.15) is 28.8 Å². The third kappa shape index (κ3) is 4.10. The fourth-order valence-corrected chi connectivity index (χ4v) is 3.62. The number of piperidine rings is 1. The molecule has 28 heavy (non-hydrogen) atoms. The van der Waals surface area contributed by atoms with Crippen LogP contribution in [-0.2, 0) is 16.0 Å². The van der Waals surface area contributed by atoms with Gasteiger partial charge in [-0.2, -0.15) is 0 Å². The van der Waals surface area contributed by atoms with Gasteiger partial charge in [-0.25, -0.2) is 4.98 Å². The first-order valence-corrected chi connectivity index (χ1v) is 9.57. The van der Waals surface area contributed by atoms with E-state index in [2.05, 4.69) is 15.2 Å². The lowest BCUT2D eigenvalue weighted by Gasteiger charge is -2.38. The standard InChI is InChI=1S/C21H25N3O4/c1-26-18-4-2-16(3-5-18)15-23-20(25)17-6-9-22-19(14-17)24-10-7-21(8-11-24)27-12-13-28-21/h2-6,9,14H,7-8,10-13,15H2,1H3,(H,23,25). The highest BCUT2D eigenvalue weighted by Crippen LogP contribution is 2.32. The van der Waals surface area contributed by atoms with E-state index in [-0.39, 0.29) is 5.91 Å². The highest BCUT2D eigenvalue weighted by molar-refractivity contribution is 5.94. The lowest BCUT2D eigenvalue weighted by Crippen LogP contribution is -2.45. The molecule has 1 aromatic heterocycles.